The zero-order valence-corrected chi connectivity index (χ0v) is 17.0. The third kappa shape index (κ3) is 6.30. The van der Waals surface area contributed by atoms with Gasteiger partial charge in [0.05, 0.1) is 6.33 Å². The number of benzene rings is 1. The van der Waals surface area contributed by atoms with Crippen molar-refractivity contribution >= 4 is 17.8 Å². The number of aromatic nitrogens is 2. The molecule has 1 fully saturated rings. The van der Waals surface area contributed by atoms with Crippen LogP contribution in [-0.4, -0.2) is 56.5 Å². The van der Waals surface area contributed by atoms with Crippen molar-refractivity contribution in [3.05, 3.63) is 54.6 Å². The number of carbonyl (C=O) groups is 3. The summed E-state index contributed by atoms with van der Waals surface area (Å²) in [5, 5.41) is 19.5. The fraction of sp³-hybridized carbons (Fsp3) is 0.400. The first kappa shape index (κ1) is 24.9. The number of hydrogen-bond acceptors (Lipinski definition) is 5. The highest BCUT2D eigenvalue weighted by atomic mass is 19.4. The molecular formula is C20H22F3N3O6. The van der Waals surface area contributed by atoms with E-state index in [1.807, 2.05) is 10.8 Å². The summed E-state index contributed by atoms with van der Waals surface area (Å²) < 4.78 is 39.2. The second-order valence-corrected chi connectivity index (χ2v) is 7.19. The van der Waals surface area contributed by atoms with Gasteiger partial charge in [0.2, 0.25) is 0 Å². The Hall–Kier alpha value is -3.41. The number of rotatable bonds is 6. The minimum Gasteiger partial charge on any atom is -0.479 e. The second kappa shape index (κ2) is 10.3. The first-order chi connectivity index (χ1) is 14.9. The van der Waals surface area contributed by atoms with E-state index in [2.05, 4.69) is 10.3 Å². The lowest BCUT2D eigenvalue weighted by Gasteiger charge is -2.29. The van der Waals surface area contributed by atoms with Gasteiger partial charge in [0.1, 0.15) is 6.10 Å². The Morgan fingerprint density at radius 2 is 1.81 bits per heavy atom. The molecule has 1 aromatic heterocycles. The number of ether oxygens (including phenoxy) is 1. The highest BCUT2D eigenvalue weighted by Gasteiger charge is 2.42. The largest absolute Gasteiger partial charge is 0.490 e. The van der Waals surface area contributed by atoms with Crippen LogP contribution in [0.25, 0.3) is 0 Å². The number of amides is 1. The van der Waals surface area contributed by atoms with Crippen molar-refractivity contribution in [3.8, 4) is 0 Å². The van der Waals surface area contributed by atoms with Gasteiger partial charge in [0, 0.05) is 31.5 Å². The Kier molecular flexibility index (Phi) is 7.97. The number of carboxylic acids is 2. The molecule has 32 heavy (non-hydrogen) atoms. The average molecular weight is 457 g/mol. The van der Waals surface area contributed by atoms with Crippen LogP contribution in [0.5, 0.6) is 0 Å². The Morgan fingerprint density at radius 3 is 2.31 bits per heavy atom. The summed E-state index contributed by atoms with van der Waals surface area (Å²) in [6.07, 6.45) is 0.189. The van der Waals surface area contributed by atoms with Crippen molar-refractivity contribution in [2.75, 3.05) is 6.61 Å². The quantitative estimate of drug-likeness (QED) is 0.605. The number of nitrogens with one attached hydrogen (secondary N) is 1. The van der Waals surface area contributed by atoms with E-state index >= 15 is 0 Å². The van der Waals surface area contributed by atoms with E-state index in [9.17, 15) is 27.9 Å². The molecule has 3 rings (SSSR count). The van der Waals surface area contributed by atoms with Crippen LogP contribution in [0.3, 0.4) is 0 Å². The molecule has 1 aliphatic heterocycles. The standard InChI is InChI=1S/C18H21N3O4.C2HF3O2/c1-18(17(23)24,14-5-3-2-4-6-14)20-16(22)15-13(7-10-25-15)11-21-9-8-19-12-21;3-2(4,5)1(6)7/h2-6,8-9,12-13,15H,7,10-11H2,1H3,(H,20,22)(H,23,24);(H,6,7)/t13-,15-,18?;/m1./s1. The molecule has 12 heteroatoms. The van der Waals surface area contributed by atoms with Crippen LogP contribution >= 0.6 is 0 Å². The summed E-state index contributed by atoms with van der Waals surface area (Å²) in [6.45, 7) is 2.57. The van der Waals surface area contributed by atoms with Crippen LogP contribution in [0.15, 0.2) is 49.1 Å². The van der Waals surface area contributed by atoms with Gasteiger partial charge in [-0.1, -0.05) is 30.3 Å². The number of hydrogen-bond donors (Lipinski definition) is 3. The normalized spacial score (nSPS) is 19.9. The van der Waals surface area contributed by atoms with Gasteiger partial charge in [-0.25, -0.2) is 14.6 Å². The predicted molar refractivity (Wildman–Crippen MR) is 103 cm³/mol. The van der Waals surface area contributed by atoms with E-state index in [1.54, 1.807) is 42.9 Å². The van der Waals surface area contributed by atoms with Crippen molar-refractivity contribution in [1.29, 1.82) is 0 Å². The Morgan fingerprint density at radius 1 is 1.19 bits per heavy atom. The summed E-state index contributed by atoms with van der Waals surface area (Å²) >= 11 is 0. The van der Waals surface area contributed by atoms with Gasteiger partial charge in [0.15, 0.2) is 5.54 Å². The van der Waals surface area contributed by atoms with Crippen molar-refractivity contribution < 1.29 is 42.5 Å². The number of carboxylic acid groups (broad SMARTS) is 2. The van der Waals surface area contributed by atoms with Crippen LogP contribution in [0.1, 0.15) is 18.9 Å². The topological polar surface area (TPSA) is 131 Å². The van der Waals surface area contributed by atoms with Gasteiger partial charge < -0.3 is 24.8 Å². The molecule has 0 bridgehead atoms. The third-order valence-electron chi connectivity index (χ3n) is 4.87. The van der Waals surface area contributed by atoms with Crippen LogP contribution in [0.2, 0.25) is 0 Å². The number of imidazole rings is 1. The van der Waals surface area contributed by atoms with Gasteiger partial charge in [0.25, 0.3) is 5.91 Å². The Balaban J connectivity index is 0.000000451. The molecular weight excluding hydrogens is 435 g/mol. The Labute approximate surface area is 180 Å². The molecule has 1 saturated heterocycles. The first-order valence-electron chi connectivity index (χ1n) is 9.43. The second-order valence-electron chi connectivity index (χ2n) is 7.19. The van der Waals surface area contributed by atoms with Crippen LogP contribution in [0.4, 0.5) is 13.2 Å². The van der Waals surface area contributed by atoms with Crippen molar-refractivity contribution in [2.45, 2.75) is 37.7 Å². The fourth-order valence-electron chi connectivity index (χ4n) is 3.11. The van der Waals surface area contributed by atoms with E-state index < -0.39 is 35.7 Å². The highest BCUT2D eigenvalue weighted by Crippen LogP contribution is 2.26. The summed E-state index contributed by atoms with van der Waals surface area (Å²) in [5.74, 6) is -4.30. The average Bonchev–Trinajstić information content (AvgIpc) is 3.40. The van der Waals surface area contributed by atoms with Crippen molar-refractivity contribution in [1.82, 2.24) is 14.9 Å². The molecule has 2 aromatic rings. The summed E-state index contributed by atoms with van der Waals surface area (Å²) in [5.41, 5.74) is -0.996. The van der Waals surface area contributed by atoms with Gasteiger partial charge >= 0.3 is 18.1 Å². The first-order valence-corrected chi connectivity index (χ1v) is 9.43. The number of alkyl halides is 3. The number of carbonyl (C=O) groups excluding carboxylic acids is 1. The van der Waals surface area contributed by atoms with Gasteiger partial charge in [-0.2, -0.15) is 13.2 Å². The van der Waals surface area contributed by atoms with E-state index in [-0.39, 0.29) is 5.92 Å². The maximum atomic E-state index is 12.8. The molecule has 1 unspecified atom stereocenters. The zero-order chi connectivity index (χ0) is 23.9. The SMILES string of the molecule is CC(NC(=O)[C@@H]1OCC[C@@H]1Cn1ccnc1)(C(=O)O)c1ccccc1.O=C(O)C(F)(F)F. The minimum absolute atomic E-state index is 0.0250. The predicted octanol–water partition coefficient (Wildman–Crippen LogP) is 2.04. The summed E-state index contributed by atoms with van der Waals surface area (Å²) in [4.78, 5) is 37.5. The van der Waals surface area contributed by atoms with Gasteiger partial charge in [-0.3, -0.25) is 4.79 Å². The maximum Gasteiger partial charge on any atom is 0.490 e. The van der Waals surface area contributed by atoms with Gasteiger partial charge in [-0.15, -0.1) is 0 Å². The molecule has 0 spiro atoms. The molecule has 3 atom stereocenters. The van der Waals surface area contributed by atoms with Crippen LogP contribution in [0, 0.1) is 5.92 Å². The lowest BCUT2D eigenvalue weighted by molar-refractivity contribution is -0.192. The molecule has 1 aliphatic rings. The molecule has 2 heterocycles. The summed E-state index contributed by atoms with van der Waals surface area (Å²) in [6, 6.07) is 8.67. The molecule has 0 radical (unpaired) electrons. The number of nitrogens with zero attached hydrogens (tertiary/aromatic N) is 2. The molecule has 1 aromatic carbocycles. The molecule has 1 amide bonds. The molecule has 3 N–H and O–H groups in total. The Bertz CT molecular complexity index is 920. The summed E-state index contributed by atoms with van der Waals surface area (Å²) in [7, 11) is 0. The zero-order valence-electron chi connectivity index (χ0n) is 17.0. The number of halogens is 3. The minimum atomic E-state index is -5.08. The van der Waals surface area contributed by atoms with Gasteiger partial charge in [-0.05, 0) is 18.9 Å². The monoisotopic (exact) mass is 457 g/mol. The molecule has 0 saturated carbocycles. The molecule has 0 aliphatic carbocycles. The maximum absolute atomic E-state index is 12.8. The van der Waals surface area contributed by atoms with E-state index in [4.69, 9.17) is 14.6 Å². The molecule has 174 valence electrons. The lowest BCUT2D eigenvalue weighted by atomic mass is 9.91. The highest BCUT2D eigenvalue weighted by molar-refractivity contribution is 5.90. The van der Waals surface area contributed by atoms with Crippen molar-refractivity contribution in [2.24, 2.45) is 5.92 Å². The molecule has 9 nitrogen and oxygen atoms in total. The number of aliphatic carboxylic acids is 2. The van der Waals surface area contributed by atoms with E-state index in [1.165, 1.54) is 6.92 Å². The van der Waals surface area contributed by atoms with Crippen LogP contribution < -0.4 is 5.32 Å². The van der Waals surface area contributed by atoms with E-state index in [0.717, 1.165) is 6.42 Å². The lowest BCUT2D eigenvalue weighted by Crippen LogP contribution is -2.53. The third-order valence-corrected chi connectivity index (χ3v) is 4.87. The van der Waals surface area contributed by atoms with Crippen molar-refractivity contribution in [3.63, 3.8) is 0 Å². The van der Waals surface area contributed by atoms with E-state index in [0.29, 0.717) is 18.7 Å². The smallest absolute Gasteiger partial charge is 0.479 e. The van der Waals surface area contributed by atoms with Crippen LogP contribution in [-0.2, 0) is 31.2 Å². The fourth-order valence-corrected chi connectivity index (χ4v) is 3.11.